The van der Waals surface area contributed by atoms with Gasteiger partial charge in [0.2, 0.25) is 5.91 Å². The second-order valence-corrected chi connectivity index (χ2v) is 7.33. The second-order valence-electron chi connectivity index (χ2n) is 6.08. The van der Waals surface area contributed by atoms with Gasteiger partial charge in [-0.3, -0.25) is 4.79 Å². The Kier molecular flexibility index (Phi) is 7.13. The van der Waals surface area contributed by atoms with Crippen LogP contribution in [0.4, 0.5) is 4.39 Å². The summed E-state index contributed by atoms with van der Waals surface area (Å²) < 4.78 is 19.8. The van der Waals surface area contributed by atoms with Crippen molar-refractivity contribution in [1.29, 1.82) is 0 Å². The SMILES string of the molecule is O=C(Cc1ccc(F)cc1)N/N=C/c1ccc(OCc2ccc(I)cc2)cc1. The Balaban J connectivity index is 1.45. The highest BCUT2D eigenvalue weighted by atomic mass is 127. The monoisotopic (exact) mass is 488 g/mol. The molecule has 0 heterocycles. The van der Waals surface area contributed by atoms with Crippen molar-refractivity contribution in [1.82, 2.24) is 5.43 Å². The maximum Gasteiger partial charge on any atom is 0.244 e. The normalized spacial score (nSPS) is 10.8. The van der Waals surface area contributed by atoms with Gasteiger partial charge in [0.25, 0.3) is 0 Å². The zero-order valence-corrected chi connectivity index (χ0v) is 17.1. The topological polar surface area (TPSA) is 50.7 Å². The minimum absolute atomic E-state index is 0.142. The molecule has 0 aliphatic carbocycles. The highest BCUT2D eigenvalue weighted by molar-refractivity contribution is 14.1. The zero-order valence-electron chi connectivity index (χ0n) is 14.9. The van der Waals surface area contributed by atoms with Crippen molar-refractivity contribution in [2.75, 3.05) is 0 Å². The molecular weight excluding hydrogens is 470 g/mol. The van der Waals surface area contributed by atoms with E-state index in [-0.39, 0.29) is 18.1 Å². The largest absolute Gasteiger partial charge is 0.489 e. The average molecular weight is 488 g/mol. The third kappa shape index (κ3) is 6.45. The first-order valence-electron chi connectivity index (χ1n) is 8.62. The first-order chi connectivity index (χ1) is 13.6. The van der Waals surface area contributed by atoms with Crippen LogP contribution in [0.3, 0.4) is 0 Å². The van der Waals surface area contributed by atoms with Crippen molar-refractivity contribution in [3.05, 3.63) is 98.9 Å². The number of rotatable bonds is 7. The maximum atomic E-state index is 12.9. The first kappa shape index (κ1) is 20.0. The van der Waals surface area contributed by atoms with Crippen molar-refractivity contribution in [3.63, 3.8) is 0 Å². The van der Waals surface area contributed by atoms with E-state index >= 15 is 0 Å². The summed E-state index contributed by atoms with van der Waals surface area (Å²) in [6, 6.07) is 21.4. The number of carbonyl (C=O) groups excluding carboxylic acids is 1. The Hall–Kier alpha value is -2.74. The molecule has 0 aromatic heterocycles. The van der Waals surface area contributed by atoms with Crippen LogP contribution in [-0.4, -0.2) is 12.1 Å². The predicted octanol–water partition coefficient (Wildman–Crippen LogP) is 4.70. The Morgan fingerprint density at radius 2 is 1.61 bits per heavy atom. The van der Waals surface area contributed by atoms with E-state index in [1.54, 1.807) is 18.3 Å². The molecule has 0 radical (unpaired) electrons. The summed E-state index contributed by atoms with van der Waals surface area (Å²) in [7, 11) is 0. The molecule has 0 bridgehead atoms. The molecular formula is C22H18FIN2O2. The summed E-state index contributed by atoms with van der Waals surface area (Å²) in [4.78, 5) is 11.8. The van der Waals surface area contributed by atoms with E-state index in [1.165, 1.54) is 15.7 Å². The van der Waals surface area contributed by atoms with Crippen LogP contribution in [0.1, 0.15) is 16.7 Å². The number of hydrogen-bond acceptors (Lipinski definition) is 3. The third-order valence-electron chi connectivity index (χ3n) is 3.88. The number of nitrogens with one attached hydrogen (secondary N) is 1. The van der Waals surface area contributed by atoms with Gasteiger partial charge in [-0.1, -0.05) is 24.3 Å². The minimum Gasteiger partial charge on any atom is -0.489 e. The lowest BCUT2D eigenvalue weighted by molar-refractivity contribution is -0.120. The number of carbonyl (C=O) groups is 1. The number of benzene rings is 3. The first-order valence-corrected chi connectivity index (χ1v) is 9.70. The van der Waals surface area contributed by atoms with E-state index in [0.717, 1.165) is 22.4 Å². The fourth-order valence-electron chi connectivity index (χ4n) is 2.40. The molecule has 0 aliphatic heterocycles. The van der Waals surface area contributed by atoms with Crippen LogP contribution in [0.5, 0.6) is 5.75 Å². The molecule has 3 rings (SSSR count). The van der Waals surface area contributed by atoms with Gasteiger partial charge in [0.1, 0.15) is 18.2 Å². The van der Waals surface area contributed by atoms with Crippen molar-refractivity contribution in [2.45, 2.75) is 13.0 Å². The number of amides is 1. The minimum atomic E-state index is -0.326. The van der Waals surface area contributed by atoms with Crippen LogP contribution in [-0.2, 0) is 17.8 Å². The molecule has 6 heteroatoms. The third-order valence-corrected chi connectivity index (χ3v) is 4.60. The van der Waals surface area contributed by atoms with Gasteiger partial charge >= 0.3 is 0 Å². The summed E-state index contributed by atoms with van der Waals surface area (Å²) in [5, 5.41) is 3.95. The van der Waals surface area contributed by atoms with Crippen LogP contribution >= 0.6 is 22.6 Å². The van der Waals surface area contributed by atoms with Crippen LogP contribution < -0.4 is 10.2 Å². The van der Waals surface area contributed by atoms with E-state index in [2.05, 4.69) is 33.1 Å². The van der Waals surface area contributed by atoms with Gasteiger partial charge in [-0.25, -0.2) is 9.82 Å². The summed E-state index contributed by atoms with van der Waals surface area (Å²) in [5.41, 5.74) is 5.13. The number of hydrogen-bond donors (Lipinski definition) is 1. The molecule has 28 heavy (non-hydrogen) atoms. The summed E-state index contributed by atoms with van der Waals surface area (Å²) in [5.74, 6) is 0.171. The Bertz CT molecular complexity index is 940. The van der Waals surface area contributed by atoms with Crippen molar-refractivity contribution < 1.29 is 13.9 Å². The van der Waals surface area contributed by atoms with Gasteiger partial charge in [0.15, 0.2) is 0 Å². The van der Waals surface area contributed by atoms with Gasteiger partial charge in [0.05, 0.1) is 12.6 Å². The number of ether oxygens (including phenoxy) is 1. The molecule has 3 aromatic rings. The van der Waals surface area contributed by atoms with Crippen LogP contribution in [0.2, 0.25) is 0 Å². The van der Waals surface area contributed by atoms with Crippen LogP contribution in [0, 0.1) is 9.39 Å². The quantitative estimate of drug-likeness (QED) is 0.298. The molecule has 142 valence electrons. The maximum absolute atomic E-state index is 12.9. The predicted molar refractivity (Wildman–Crippen MR) is 116 cm³/mol. The van der Waals surface area contributed by atoms with E-state index in [1.807, 2.05) is 48.5 Å². The fraction of sp³-hybridized carbons (Fsp3) is 0.0909. The molecule has 3 aromatic carbocycles. The van der Waals surface area contributed by atoms with Crippen LogP contribution in [0.15, 0.2) is 77.9 Å². The number of nitrogens with zero attached hydrogens (tertiary/aromatic N) is 1. The van der Waals surface area contributed by atoms with Crippen LogP contribution in [0.25, 0.3) is 0 Å². The molecule has 0 saturated carbocycles. The fourth-order valence-corrected chi connectivity index (χ4v) is 2.76. The molecule has 0 saturated heterocycles. The summed E-state index contributed by atoms with van der Waals surface area (Å²) in [6.45, 7) is 0.504. The molecule has 0 spiro atoms. The molecule has 1 N–H and O–H groups in total. The van der Waals surface area contributed by atoms with E-state index in [0.29, 0.717) is 6.61 Å². The zero-order chi connectivity index (χ0) is 19.8. The number of hydrazone groups is 1. The van der Waals surface area contributed by atoms with E-state index in [9.17, 15) is 9.18 Å². The van der Waals surface area contributed by atoms with Crippen molar-refractivity contribution >= 4 is 34.7 Å². The van der Waals surface area contributed by atoms with Gasteiger partial charge in [0, 0.05) is 3.57 Å². The summed E-state index contributed by atoms with van der Waals surface area (Å²) in [6.07, 6.45) is 1.70. The van der Waals surface area contributed by atoms with E-state index in [4.69, 9.17) is 4.74 Å². The lowest BCUT2D eigenvalue weighted by atomic mass is 10.1. The van der Waals surface area contributed by atoms with Gasteiger partial charge in [-0.05, 0) is 87.8 Å². The second kappa shape index (κ2) is 9.98. The molecule has 0 aliphatic rings. The number of halogens is 2. The molecule has 0 atom stereocenters. The highest BCUT2D eigenvalue weighted by Gasteiger charge is 2.02. The Morgan fingerprint density at radius 3 is 2.29 bits per heavy atom. The average Bonchev–Trinajstić information content (AvgIpc) is 2.70. The van der Waals surface area contributed by atoms with Crippen molar-refractivity contribution in [2.24, 2.45) is 5.10 Å². The van der Waals surface area contributed by atoms with E-state index < -0.39 is 0 Å². The molecule has 4 nitrogen and oxygen atoms in total. The van der Waals surface area contributed by atoms with Gasteiger partial charge in [-0.2, -0.15) is 5.10 Å². The smallest absolute Gasteiger partial charge is 0.244 e. The van der Waals surface area contributed by atoms with Gasteiger partial charge in [-0.15, -0.1) is 0 Å². The lowest BCUT2D eigenvalue weighted by Gasteiger charge is -2.06. The van der Waals surface area contributed by atoms with Gasteiger partial charge < -0.3 is 4.74 Å². The molecule has 1 amide bonds. The summed E-state index contributed by atoms with van der Waals surface area (Å²) >= 11 is 2.27. The lowest BCUT2D eigenvalue weighted by Crippen LogP contribution is -2.19. The highest BCUT2D eigenvalue weighted by Crippen LogP contribution is 2.14. The Labute approximate surface area is 176 Å². The molecule has 0 fully saturated rings. The standard InChI is InChI=1S/C22H18FIN2O2/c23-19-7-1-16(2-8-19)13-22(27)26-25-14-17-5-11-21(12-6-17)28-15-18-3-9-20(24)10-4-18/h1-12,14H,13,15H2,(H,26,27)/b25-14+. The molecule has 0 unspecified atom stereocenters. The van der Waals surface area contributed by atoms with Crippen molar-refractivity contribution in [3.8, 4) is 5.75 Å². The Morgan fingerprint density at radius 1 is 0.964 bits per heavy atom.